The monoisotopic (exact) mass is 329 g/mol. The molecule has 2 heterocycles. The zero-order valence-electron chi connectivity index (χ0n) is 12.1. The fourth-order valence-corrected chi connectivity index (χ4v) is 2.30. The van der Waals surface area contributed by atoms with Crippen LogP contribution in [0.2, 0.25) is 5.02 Å². The van der Waals surface area contributed by atoms with Gasteiger partial charge in [0, 0.05) is 10.6 Å². The maximum absolute atomic E-state index is 12.1. The number of carbonyl (C=O) groups is 2. The second kappa shape index (κ2) is 5.73. The average molecular weight is 330 g/mol. The third kappa shape index (κ3) is 2.89. The highest BCUT2D eigenvalue weighted by atomic mass is 35.5. The molecular formula is C16H12ClN3O3. The van der Waals surface area contributed by atoms with Crippen LogP contribution in [0.5, 0.6) is 0 Å². The molecule has 3 rings (SSSR count). The normalized spacial score (nSPS) is 16.1. The van der Waals surface area contributed by atoms with Gasteiger partial charge in [0.15, 0.2) is 0 Å². The minimum atomic E-state index is -0.918. The Kier molecular flexibility index (Phi) is 3.75. The van der Waals surface area contributed by atoms with E-state index < -0.39 is 11.9 Å². The first kappa shape index (κ1) is 15.1. The van der Waals surface area contributed by atoms with Crippen LogP contribution in [0.3, 0.4) is 0 Å². The third-order valence-corrected chi connectivity index (χ3v) is 3.57. The van der Waals surface area contributed by atoms with E-state index in [2.05, 4.69) is 5.10 Å². The summed E-state index contributed by atoms with van der Waals surface area (Å²) in [6, 6.07) is 9.79. The van der Waals surface area contributed by atoms with Crippen LogP contribution < -0.4 is 5.73 Å². The third-order valence-electron chi connectivity index (χ3n) is 3.31. The lowest BCUT2D eigenvalue weighted by Gasteiger charge is -2.03. The van der Waals surface area contributed by atoms with E-state index in [4.69, 9.17) is 21.8 Å². The van der Waals surface area contributed by atoms with Crippen LogP contribution in [0.4, 0.5) is 4.79 Å². The number of urea groups is 1. The van der Waals surface area contributed by atoms with E-state index in [9.17, 15) is 9.59 Å². The van der Waals surface area contributed by atoms with Crippen LogP contribution in [-0.4, -0.2) is 22.7 Å². The largest absolute Gasteiger partial charge is 0.457 e. The number of rotatable bonds is 2. The SMILES string of the molecule is CC1=NN(C(N)=O)C(=O)/C1=C/c1ccc(-c2ccc(Cl)cc2)o1. The lowest BCUT2D eigenvalue weighted by atomic mass is 10.1. The number of hydrogen-bond acceptors (Lipinski definition) is 4. The van der Waals surface area contributed by atoms with Gasteiger partial charge in [-0.2, -0.15) is 5.10 Å². The van der Waals surface area contributed by atoms with Gasteiger partial charge in [0.2, 0.25) is 0 Å². The topological polar surface area (TPSA) is 88.9 Å². The van der Waals surface area contributed by atoms with Gasteiger partial charge in [-0.05, 0) is 49.4 Å². The quantitative estimate of drug-likeness (QED) is 0.857. The number of carbonyl (C=O) groups excluding carboxylic acids is 2. The number of hydrogen-bond donors (Lipinski definition) is 1. The molecule has 2 N–H and O–H groups in total. The van der Waals surface area contributed by atoms with Gasteiger partial charge < -0.3 is 10.2 Å². The van der Waals surface area contributed by atoms with Gasteiger partial charge >= 0.3 is 6.03 Å². The van der Waals surface area contributed by atoms with Crippen molar-refractivity contribution in [2.45, 2.75) is 6.92 Å². The number of halogens is 1. The smallest absolute Gasteiger partial charge is 0.342 e. The first-order valence-corrected chi connectivity index (χ1v) is 7.10. The molecule has 1 aromatic heterocycles. The predicted molar refractivity (Wildman–Crippen MR) is 86.7 cm³/mol. The number of nitrogens with zero attached hydrogens (tertiary/aromatic N) is 2. The zero-order chi connectivity index (χ0) is 16.6. The molecule has 1 aliphatic heterocycles. The van der Waals surface area contributed by atoms with Gasteiger partial charge in [-0.1, -0.05) is 11.6 Å². The number of imide groups is 1. The molecule has 23 heavy (non-hydrogen) atoms. The van der Waals surface area contributed by atoms with Crippen molar-refractivity contribution in [2.75, 3.05) is 0 Å². The Bertz CT molecular complexity index is 850. The van der Waals surface area contributed by atoms with Crippen molar-refractivity contribution in [1.29, 1.82) is 0 Å². The van der Waals surface area contributed by atoms with Crippen LogP contribution in [0.15, 0.2) is 51.5 Å². The lowest BCUT2D eigenvalue weighted by molar-refractivity contribution is -0.122. The predicted octanol–water partition coefficient (Wildman–Crippen LogP) is 3.28. The average Bonchev–Trinajstić information content (AvgIpc) is 3.08. The maximum Gasteiger partial charge on any atom is 0.342 e. The van der Waals surface area contributed by atoms with E-state index in [1.807, 2.05) is 12.1 Å². The van der Waals surface area contributed by atoms with Crippen molar-refractivity contribution < 1.29 is 14.0 Å². The molecule has 0 bridgehead atoms. The first-order valence-electron chi connectivity index (χ1n) is 6.72. The van der Waals surface area contributed by atoms with Crippen molar-refractivity contribution >= 4 is 35.3 Å². The number of hydrazone groups is 1. The number of furan rings is 1. The lowest BCUT2D eigenvalue weighted by Crippen LogP contribution is -2.33. The molecule has 0 saturated heterocycles. The highest BCUT2D eigenvalue weighted by Crippen LogP contribution is 2.26. The van der Waals surface area contributed by atoms with Crippen molar-refractivity contribution in [1.82, 2.24) is 5.01 Å². The molecule has 0 unspecified atom stereocenters. The highest BCUT2D eigenvalue weighted by molar-refractivity contribution is 6.30. The molecule has 2 aromatic rings. The van der Waals surface area contributed by atoms with Crippen molar-refractivity contribution in [3.8, 4) is 11.3 Å². The fourth-order valence-electron chi connectivity index (χ4n) is 2.18. The van der Waals surface area contributed by atoms with Crippen LogP contribution in [0.25, 0.3) is 17.4 Å². The van der Waals surface area contributed by atoms with Gasteiger partial charge in [-0.15, -0.1) is 5.01 Å². The Hall–Kier alpha value is -2.86. The summed E-state index contributed by atoms with van der Waals surface area (Å²) in [5, 5.41) is 5.09. The van der Waals surface area contributed by atoms with E-state index in [0.29, 0.717) is 27.3 Å². The molecule has 7 heteroatoms. The summed E-state index contributed by atoms with van der Waals surface area (Å²) in [6.45, 7) is 1.62. The molecule has 0 radical (unpaired) electrons. The van der Waals surface area contributed by atoms with Crippen LogP contribution >= 0.6 is 11.6 Å². The maximum atomic E-state index is 12.1. The Morgan fingerprint density at radius 2 is 1.96 bits per heavy atom. The molecular weight excluding hydrogens is 318 g/mol. The molecule has 6 nitrogen and oxygen atoms in total. The minimum absolute atomic E-state index is 0.265. The Balaban J connectivity index is 1.90. The van der Waals surface area contributed by atoms with Crippen LogP contribution in [0.1, 0.15) is 12.7 Å². The number of primary amides is 1. The highest BCUT2D eigenvalue weighted by Gasteiger charge is 2.31. The molecule has 0 atom stereocenters. The summed E-state index contributed by atoms with van der Waals surface area (Å²) >= 11 is 5.86. The fraction of sp³-hybridized carbons (Fsp3) is 0.0625. The molecule has 0 spiro atoms. The number of amides is 3. The standard InChI is InChI=1S/C16H12ClN3O3/c1-9-13(15(21)20(19-9)16(18)22)8-12-6-7-14(23-12)10-2-4-11(17)5-3-10/h2-8H,1H3,(H2,18,22)/b13-8+. The van der Waals surface area contributed by atoms with Gasteiger partial charge in [-0.3, -0.25) is 4.79 Å². The second-order valence-corrected chi connectivity index (χ2v) is 5.34. The van der Waals surface area contributed by atoms with Crippen molar-refractivity contribution in [3.05, 3.63) is 52.8 Å². The molecule has 3 amide bonds. The van der Waals surface area contributed by atoms with E-state index in [1.165, 1.54) is 6.08 Å². The Morgan fingerprint density at radius 1 is 1.26 bits per heavy atom. The van der Waals surface area contributed by atoms with E-state index in [0.717, 1.165) is 5.56 Å². The van der Waals surface area contributed by atoms with E-state index >= 15 is 0 Å². The molecule has 0 saturated carbocycles. The van der Waals surface area contributed by atoms with Crippen LogP contribution in [-0.2, 0) is 4.79 Å². The van der Waals surface area contributed by atoms with E-state index in [1.54, 1.807) is 31.2 Å². The van der Waals surface area contributed by atoms with Gasteiger partial charge in [0.25, 0.3) is 5.91 Å². The Labute approximate surface area is 136 Å². The van der Waals surface area contributed by atoms with Gasteiger partial charge in [0.05, 0.1) is 11.3 Å². The summed E-state index contributed by atoms with van der Waals surface area (Å²) in [6.07, 6.45) is 1.53. The summed E-state index contributed by atoms with van der Waals surface area (Å²) in [4.78, 5) is 23.2. The first-order chi connectivity index (χ1) is 11.0. The second-order valence-electron chi connectivity index (χ2n) is 4.91. The zero-order valence-corrected chi connectivity index (χ0v) is 12.9. The molecule has 0 fully saturated rings. The minimum Gasteiger partial charge on any atom is -0.457 e. The molecule has 0 aliphatic carbocycles. The number of benzene rings is 1. The van der Waals surface area contributed by atoms with Crippen molar-refractivity contribution in [2.24, 2.45) is 10.8 Å². The van der Waals surface area contributed by atoms with Crippen molar-refractivity contribution in [3.63, 3.8) is 0 Å². The summed E-state index contributed by atoms with van der Waals surface area (Å²) < 4.78 is 5.70. The summed E-state index contributed by atoms with van der Waals surface area (Å²) in [5.74, 6) is 0.541. The molecule has 1 aromatic carbocycles. The van der Waals surface area contributed by atoms with Crippen LogP contribution in [0, 0.1) is 0 Å². The molecule has 116 valence electrons. The van der Waals surface area contributed by atoms with Gasteiger partial charge in [-0.25, -0.2) is 4.79 Å². The molecule has 1 aliphatic rings. The van der Waals surface area contributed by atoms with E-state index in [-0.39, 0.29) is 5.57 Å². The number of nitrogens with two attached hydrogens (primary N) is 1. The van der Waals surface area contributed by atoms with Gasteiger partial charge in [0.1, 0.15) is 11.5 Å². The summed E-state index contributed by atoms with van der Waals surface area (Å²) in [7, 11) is 0. The summed E-state index contributed by atoms with van der Waals surface area (Å²) in [5.41, 5.74) is 6.62. The Morgan fingerprint density at radius 3 is 2.57 bits per heavy atom.